The molecule has 1 aliphatic rings. The van der Waals surface area contributed by atoms with E-state index >= 15 is 0 Å². The fourth-order valence-electron chi connectivity index (χ4n) is 4.17. The molecule has 1 fully saturated rings. The first-order chi connectivity index (χ1) is 18.0. The molecule has 9 heteroatoms. The number of hydrogen-bond donors (Lipinski definition) is 1. The lowest BCUT2D eigenvalue weighted by Gasteiger charge is -2.35. The molecule has 0 spiro atoms. The number of nitrogens with one attached hydrogen (secondary N) is 1. The summed E-state index contributed by atoms with van der Waals surface area (Å²) in [4.78, 5) is 37.3. The summed E-state index contributed by atoms with van der Waals surface area (Å²) in [6, 6.07) is 20.9. The number of para-hydroxylation sites is 1. The fourth-order valence-corrected chi connectivity index (χ4v) is 4.17. The Labute approximate surface area is 212 Å². The van der Waals surface area contributed by atoms with E-state index < -0.39 is 5.82 Å². The molecule has 186 valence electrons. The molecule has 1 N–H and O–H groups in total. The van der Waals surface area contributed by atoms with Gasteiger partial charge in [-0.05, 0) is 36.4 Å². The highest BCUT2D eigenvalue weighted by molar-refractivity contribution is 5.96. The Morgan fingerprint density at radius 3 is 2.03 bits per heavy atom. The van der Waals surface area contributed by atoms with Crippen LogP contribution in [-0.4, -0.2) is 57.8 Å². The highest BCUT2D eigenvalue weighted by Crippen LogP contribution is 2.23. The molecular weight excluding hydrogens is 476 g/mol. The molecule has 0 unspecified atom stereocenters. The fraction of sp³-hybridized carbons (Fsp3) is 0.143. The minimum Gasteiger partial charge on any atom is -0.338 e. The van der Waals surface area contributed by atoms with E-state index in [-0.39, 0.29) is 23.2 Å². The topological polar surface area (TPSA) is 78.4 Å². The quantitative estimate of drug-likeness (QED) is 0.428. The Morgan fingerprint density at radius 2 is 1.35 bits per heavy atom. The largest absolute Gasteiger partial charge is 0.338 e. The van der Waals surface area contributed by atoms with Crippen LogP contribution in [0.5, 0.6) is 0 Å². The van der Waals surface area contributed by atoms with Gasteiger partial charge in [-0.25, -0.2) is 18.7 Å². The number of aromatic nitrogens is 2. The minimum atomic E-state index is -0.551. The standard InChI is InChI=1S/C28H23F2N5O2/c29-22-6-2-1-5-21(22)28(37)35-15-13-34(14-16-35)27(36)20-11-9-19(10-12-20)25-17-26(32-18-31-25)33-24-8-4-3-7-23(24)30/h1-12,17-18H,13-16H2,(H,31,32,33). The molecule has 2 amide bonds. The van der Waals surface area contributed by atoms with E-state index in [9.17, 15) is 18.4 Å². The number of carbonyl (C=O) groups is 2. The molecule has 0 radical (unpaired) electrons. The maximum absolute atomic E-state index is 14.0. The maximum atomic E-state index is 14.0. The van der Waals surface area contributed by atoms with E-state index in [4.69, 9.17) is 0 Å². The van der Waals surface area contributed by atoms with Gasteiger partial charge in [-0.2, -0.15) is 0 Å². The third kappa shape index (κ3) is 5.30. The highest BCUT2D eigenvalue weighted by atomic mass is 19.1. The number of nitrogens with zero attached hydrogens (tertiary/aromatic N) is 4. The molecule has 1 aromatic heterocycles. The first kappa shape index (κ1) is 24.1. The Bertz CT molecular complexity index is 1440. The summed E-state index contributed by atoms with van der Waals surface area (Å²) in [5.41, 5.74) is 2.25. The summed E-state index contributed by atoms with van der Waals surface area (Å²) >= 11 is 0. The lowest BCUT2D eigenvalue weighted by atomic mass is 10.1. The van der Waals surface area contributed by atoms with Gasteiger partial charge in [0.25, 0.3) is 11.8 Å². The monoisotopic (exact) mass is 499 g/mol. The first-order valence-corrected chi connectivity index (χ1v) is 11.8. The Kier molecular flexibility index (Phi) is 6.85. The zero-order valence-corrected chi connectivity index (χ0v) is 19.8. The summed E-state index contributed by atoms with van der Waals surface area (Å²) in [5.74, 6) is -1.01. The van der Waals surface area contributed by atoms with Crippen molar-refractivity contribution in [3.63, 3.8) is 0 Å². The van der Waals surface area contributed by atoms with Crippen LogP contribution in [0.2, 0.25) is 0 Å². The maximum Gasteiger partial charge on any atom is 0.256 e. The Balaban J connectivity index is 1.22. The van der Waals surface area contributed by atoms with Gasteiger partial charge in [0.2, 0.25) is 0 Å². The van der Waals surface area contributed by atoms with E-state index in [1.54, 1.807) is 70.5 Å². The molecule has 2 heterocycles. The lowest BCUT2D eigenvalue weighted by Crippen LogP contribution is -2.50. The van der Waals surface area contributed by atoms with Crippen LogP contribution in [0.1, 0.15) is 20.7 Å². The summed E-state index contributed by atoms with van der Waals surface area (Å²) in [7, 11) is 0. The van der Waals surface area contributed by atoms with Crippen LogP contribution in [-0.2, 0) is 0 Å². The van der Waals surface area contributed by atoms with Gasteiger partial charge in [0, 0.05) is 43.4 Å². The van der Waals surface area contributed by atoms with E-state index in [0.29, 0.717) is 48.9 Å². The second-order valence-corrected chi connectivity index (χ2v) is 8.53. The van der Waals surface area contributed by atoms with Crippen LogP contribution in [0.3, 0.4) is 0 Å². The number of amides is 2. The van der Waals surface area contributed by atoms with Crippen molar-refractivity contribution in [3.05, 3.63) is 108 Å². The van der Waals surface area contributed by atoms with Crippen LogP contribution in [0.25, 0.3) is 11.3 Å². The third-order valence-electron chi connectivity index (χ3n) is 6.19. The molecule has 3 aromatic carbocycles. The van der Waals surface area contributed by atoms with Gasteiger partial charge in [-0.3, -0.25) is 9.59 Å². The number of rotatable bonds is 5. The van der Waals surface area contributed by atoms with Gasteiger partial charge < -0.3 is 15.1 Å². The Hall–Kier alpha value is -4.66. The van der Waals surface area contributed by atoms with Crippen molar-refractivity contribution in [2.45, 2.75) is 0 Å². The average Bonchev–Trinajstić information content (AvgIpc) is 2.94. The molecule has 5 rings (SSSR count). The van der Waals surface area contributed by atoms with Crippen molar-refractivity contribution in [3.8, 4) is 11.3 Å². The summed E-state index contributed by atoms with van der Waals surface area (Å²) in [6.45, 7) is 1.38. The minimum absolute atomic E-state index is 0.0369. The van der Waals surface area contributed by atoms with Crippen LogP contribution in [0, 0.1) is 11.6 Å². The number of anilines is 2. The van der Waals surface area contributed by atoms with Gasteiger partial charge >= 0.3 is 0 Å². The number of carbonyl (C=O) groups excluding carboxylic acids is 2. The van der Waals surface area contributed by atoms with Gasteiger partial charge in [0.1, 0.15) is 23.8 Å². The molecule has 7 nitrogen and oxygen atoms in total. The van der Waals surface area contributed by atoms with Gasteiger partial charge in [-0.1, -0.05) is 36.4 Å². The van der Waals surface area contributed by atoms with Gasteiger partial charge in [0.05, 0.1) is 16.9 Å². The number of hydrogen-bond acceptors (Lipinski definition) is 5. The van der Waals surface area contributed by atoms with E-state index in [1.165, 1.54) is 24.5 Å². The van der Waals surface area contributed by atoms with Gasteiger partial charge in [0.15, 0.2) is 0 Å². The molecular formula is C28H23F2N5O2. The van der Waals surface area contributed by atoms with E-state index in [2.05, 4.69) is 15.3 Å². The molecule has 0 atom stereocenters. The van der Waals surface area contributed by atoms with Crippen molar-refractivity contribution in [1.82, 2.24) is 19.8 Å². The van der Waals surface area contributed by atoms with Crippen molar-refractivity contribution < 1.29 is 18.4 Å². The normalized spacial score (nSPS) is 13.4. The lowest BCUT2D eigenvalue weighted by molar-refractivity contribution is 0.0533. The van der Waals surface area contributed by atoms with Crippen molar-refractivity contribution >= 4 is 23.3 Å². The SMILES string of the molecule is O=C(c1ccc(-c2cc(Nc3ccccc3F)ncn2)cc1)N1CCN(C(=O)c2ccccc2F)CC1. The molecule has 1 saturated heterocycles. The number of halogens is 2. The first-order valence-electron chi connectivity index (χ1n) is 11.8. The third-order valence-corrected chi connectivity index (χ3v) is 6.19. The smallest absolute Gasteiger partial charge is 0.256 e. The zero-order chi connectivity index (χ0) is 25.8. The average molecular weight is 500 g/mol. The molecule has 37 heavy (non-hydrogen) atoms. The van der Waals surface area contributed by atoms with Crippen molar-refractivity contribution in [2.24, 2.45) is 0 Å². The van der Waals surface area contributed by atoms with Crippen LogP contribution >= 0.6 is 0 Å². The van der Waals surface area contributed by atoms with Gasteiger partial charge in [-0.15, -0.1) is 0 Å². The number of benzene rings is 3. The highest BCUT2D eigenvalue weighted by Gasteiger charge is 2.26. The summed E-state index contributed by atoms with van der Waals surface area (Å²) < 4.78 is 27.9. The Morgan fingerprint density at radius 1 is 0.730 bits per heavy atom. The molecule has 4 aromatic rings. The number of piperazine rings is 1. The van der Waals surface area contributed by atoms with Crippen molar-refractivity contribution in [1.29, 1.82) is 0 Å². The van der Waals surface area contributed by atoms with Crippen LogP contribution < -0.4 is 5.32 Å². The predicted molar refractivity (Wildman–Crippen MR) is 135 cm³/mol. The van der Waals surface area contributed by atoms with Crippen molar-refractivity contribution in [2.75, 3.05) is 31.5 Å². The van der Waals surface area contributed by atoms with Crippen LogP contribution in [0.15, 0.2) is 85.2 Å². The molecule has 1 aliphatic heterocycles. The molecule has 0 saturated carbocycles. The molecule has 0 bridgehead atoms. The summed E-state index contributed by atoms with van der Waals surface area (Å²) in [5, 5.41) is 2.94. The van der Waals surface area contributed by atoms with E-state index in [0.717, 1.165) is 5.56 Å². The second kappa shape index (κ2) is 10.5. The zero-order valence-electron chi connectivity index (χ0n) is 19.8. The molecule has 0 aliphatic carbocycles. The second-order valence-electron chi connectivity index (χ2n) is 8.53. The summed E-state index contributed by atoms with van der Waals surface area (Å²) in [6.07, 6.45) is 1.39. The van der Waals surface area contributed by atoms with Crippen LogP contribution in [0.4, 0.5) is 20.3 Å². The predicted octanol–water partition coefficient (Wildman–Crippen LogP) is 4.76. The van der Waals surface area contributed by atoms with E-state index in [1.807, 2.05) is 0 Å².